The van der Waals surface area contributed by atoms with Crippen LogP contribution in [0.2, 0.25) is 10.0 Å². The third-order valence-corrected chi connectivity index (χ3v) is 6.30. The van der Waals surface area contributed by atoms with Gasteiger partial charge >= 0.3 is 18.4 Å². The molecule has 2 aromatic carbocycles. The van der Waals surface area contributed by atoms with Gasteiger partial charge in [0.2, 0.25) is 5.60 Å². The predicted molar refractivity (Wildman–Crippen MR) is 139 cm³/mol. The van der Waals surface area contributed by atoms with Gasteiger partial charge in [-0.2, -0.15) is 26.3 Å². The Balaban J connectivity index is 2.13. The van der Waals surface area contributed by atoms with Crippen LogP contribution in [0, 0.1) is 23.7 Å². The molecule has 214 valence electrons. The van der Waals surface area contributed by atoms with Gasteiger partial charge in [0.15, 0.2) is 0 Å². The van der Waals surface area contributed by atoms with Crippen LogP contribution in [-0.2, 0) is 15.9 Å². The summed E-state index contributed by atoms with van der Waals surface area (Å²) in [6.45, 7) is 3.20. The molecule has 3 unspecified atom stereocenters. The molecule has 2 aromatic rings. The average molecular weight is 607 g/mol. The van der Waals surface area contributed by atoms with Gasteiger partial charge in [-0.1, -0.05) is 54.8 Å². The molecule has 1 aliphatic heterocycles. The molecule has 0 aliphatic carbocycles. The van der Waals surface area contributed by atoms with Crippen molar-refractivity contribution in [3.8, 4) is 23.7 Å². The Hall–Kier alpha value is -3.25. The fraction of sp³-hybridized carbons (Fsp3) is 0.370. The maximum atomic E-state index is 14.4. The first-order valence-electron chi connectivity index (χ1n) is 11.8. The van der Waals surface area contributed by atoms with Crippen molar-refractivity contribution in [2.24, 2.45) is 0 Å². The minimum atomic E-state index is -5.26. The SMILES string of the molecule is CCCC#CC(O)(c1cc(Cl)ccc1NC(C#CC1(C(F)(F)F)OC(=O)Nc2ccc(Cl)cc21)CC)C(F)(F)F. The van der Waals surface area contributed by atoms with E-state index in [0.29, 0.717) is 6.42 Å². The number of aliphatic hydroxyl groups is 1. The standard InChI is InChI=1S/C27H22Cl2F6N2O3/c1-3-5-6-12-24(39,26(30,31)32)19-14-16(28)7-9-21(19)36-18(4-2)11-13-25(27(33,34)35)20-15-17(29)8-10-22(20)37-23(38)40-25/h7-10,14-15,18,36,39H,3-5H2,1-2H3,(H,37,38). The number of cyclic esters (lactones) is 1. The van der Waals surface area contributed by atoms with Crippen molar-refractivity contribution in [2.75, 3.05) is 10.6 Å². The summed E-state index contributed by atoms with van der Waals surface area (Å²) in [6.07, 6.45) is -11.4. The zero-order chi connectivity index (χ0) is 29.9. The summed E-state index contributed by atoms with van der Waals surface area (Å²) in [5.41, 5.74) is -8.94. The number of nitrogens with one attached hydrogen (secondary N) is 2. The number of anilines is 2. The first kappa shape index (κ1) is 31.3. The number of halogens is 8. The van der Waals surface area contributed by atoms with Crippen LogP contribution >= 0.6 is 23.2 Å². The van der Waals surface area contributed by atoms with Crippen LogP contribution in [0.25, 0.3) is 0 Å². The second kappa shape index (κ2) is 11.7. The zero-order valence-corrected chi connectivity index (χ0v) is 22.5. The molecule has 0 saturated carbocycles. The number of fused-ring (bicyclic) bond motifs is 1. The molecule has 3 N–H and O–H groups in total. The fourth-order valence-corrected chi connectivity index (χ4v) is 4.13. The van der Waals surface area contributed by atoms with Gasteiger partial charge in [0.25, 0.3) is 5.60 Å². The lowest BCUT2D eigenvalue weighted by atomic mass is 9.89. The Bertz CT molecular complexity index is 1410. The molecule has 3 atom stereocenters. The van der Waals surface area contributed by atoms with Crippen LogP contribution < -0.4 is 10.6 Å². The van der Waals surface area contributed by atoms with Gasteiger partial charge in [0.05, 0.1) is 11.7 Å². The Morgan fingerprint density at radius 2 is 1.73 bits per heavy atom. The van der Waals surface area contributed by atoms with E-state index < -0.39 is 46.8 Å². The summed E-state index contributed by atoms with van der Waals surface area (Å²) in [5.74, 6) is 8.48. The number of unbranched alkanes of at least 4 members (excludes halogenated alkanes) is 1. The number of carbonyl (C=O) groups excluding carboxylic acids is 1. The topological polar surface area (TPSA) is 70.6 Å². The lowest BCUT2D eigenvalue weighted by Gasteiger charge is -2.36. The van der Waals surface area contributed by atoms with Gasteiger partial charge in [0, 0.05) is 33.3 Å². The summed E-state index contributed by atoms with van der Waals surface area (Å²) < 4.78 is 90.3. The molecule has 1 aliphatic rings. The first-order valence-corrected chi connectivity index (χ1v) is 12.6. The predicted octanol–water partition coefficient (Wildman–Crippen LogP) is 7.76. The number of amides is 1. The van der Waals surface area contributed by atoms with E-state index in [2.05, 4.69) is 22.5 Å². The highest BCUT2D eigenvalue weighted by molar-refractivity contribution is 6.31. The number of hydrogen-bond acceptors (Lipinski definition) is 4. The van der Waals surface area contributed by atoms with Crippen molar-refractivity contribution in [3.63, 3.8) is 0 Å². The van der Waals surface area contributed by atoms with E-state index in [1.54, 1.807) is 6.92 Å². The number of ether oxygens (including phenoxy) is 1. The number of alkyl halides is 6. The van der Waals surface area contributed by atoms with Crippen molar-refractivity contribution < 1.29 is 41.0 Å². The van der Waals surface area contributed by atoms with Crippen LogP contribution in [-0.4, -0.2) is 29.6 Å². The Morgan fingerprint density at radius 3 is 2.33 bits per heavy atom. The number of carbonyl (C=O) groups is 1. The summed E-state index contributed by atoms with van der Waals surface area (Å²) >= 11 is 11.8. The van der Waals surface area contributed by atoms with Crippen LogP contribution in [0.5, 0.6) is 0 Å². The van der Waals surface area contributed by atoms with E-state index >= 15 is 0 Å². The third-order valence-electron chi connectivity index (χ3n) is 5.83. The minimum absolute atomic E-state index is 0.0104. The van der Waals surface area contributed by atoms with Crippen LogP contribution in [0.15, 0.2) is 36.4 Å². The molecule has 1 heterocycles. The highest BCUT2D eigenvalue weighted by Crippen LogP contribution is 2.48. The summed E-state index contributed by atoms with van der Waals surface area (Å²) in [4.78, 5) is 12.1. The highest BCUT2D eigenvalue weighted by atomic mass is 35.5. The van der Waals surface area contributed by atoms with E-state index in [9.17, 15) is 36.2 Å². The van der Waals surface area contributed by atoms with E-state index in [1.807, 2.05) is 11.8 Å². The van der Waals surface area contributed by atoms with Crippen molar-refractivity contribution >= 4 is 40.7 Å². The van der Waals surface area contributed by atoms with Crippen LogP contribution in [0.4, 0.5) is 42.5 Å². The Morgan fingerprint density at radius 1 is 1.07 bits per heavy atom. The Kier molecular flexibility index (Phi) is 9.15. The van der Waals surface area contributed by atoms with Gasteiger partial charge in [-0.3, -0.25) is 5.32 Å². The van der Waals surface area contributed by atoms with E-state index in [-0.39, 0.29) is 34.3 Å². The average Bonchev–Trinajstić information content (AvgIpc) is 2.86. The number of hydrogen-bond donors (Lipinski definition) is 3. The molecule has 0 aromatic heterocycles. The van der Waals surface area contributed by atoms with Crippen LogP contribution in [0.1, 0.15) is 44.2 Å². The minimum Gasteiger partial charge on any atom is -0.415 e. The monoisotopic (exact) mass is 606 g/mol. The molecule has 13 heteroatoms. The Labute approximate surface area is 236 Å². The normalized spacial score (nSPS) is 18.9. The number of benzene rings is 2. The molecular formula is C27H22Cl2F6N2O3. The molecule has 40 heavy (non-hydrogen) atoms. The van der Waals surface area contributed by atoms with Crippen LogP contribution in [0.3, 0.4) is 0 Å². The van der Waals surface area contributed by atoms with Gasteiger partial charge in [-0.05, 0) is 55.2 Å². The quantitative estimate of drug-likeness (QED) is 0.240. The molecule has 0 fully saturated rings. The lowest BCUT2D eigenvalue weighted by Crippen LogP contribution is -2.49. The molecule has 0 saturated heterocycles. The molecular weight excluding hydrogens is 585 g/mol. The smallest absolute Gasteiger partial charge is 0.415 e. The van der Waals surface area contributed by atoms with E-state index in [4.69, 9.17) is 27.9 Å². The first-order chi connectivity index (χ1) is 18.6. The molecule has 5 nitrogen and oxygen atoms in total. The number of rotatable bonds is 5. The molecule has 0 spiro atoms. The summed E-state index contributed by atoms with van der Waals surface area (Å²) in [7, 11) is 0. The molecule has 1 amide bonds. The van der Waals surface area contributed by atoms with Gasteiger partial charge in [-0.25, -0.2) is 4.79 Å². The van der Waals surface area contributed by atoms with Gasteiger partial charge in [0.1, 0.15) is 0 Å². The van der Waals surface area contributed by atoms with Gasteiger partial charge in [-0.15, -0.1) is 0 Å². The largest absolute Gasteiger partial charge is 0.445 e. The molecule has 0 radical (unpaired) electrons. The maximum Gasteiger partial charge on any atom is 0.445 e. The van der Waals surface area contributed by atoms with Crippen molar-refractivity contribution in [2.45, 2.75) is 62.7 Å². The van der Waals surface area contributed by atoms with E-state index in [1.165, 1.54) is 19.1 Å². The second-order valence-electron chi connectivity index (χ2n) is 8.71. The van der Waals surface area contributed by atoms with Crippen molar-refractivity contribution in [1.29, 1.82) is 0 Å². The van der Waals surface area contributed by atoms with Crippen molar-refractivity contribution in [3.05, 3.63) is 57.6 Å². The fourth-order valence-electron chi connectivity index (χ4n) is 3.79. The zero-order valence-electron chi connectivity index (χ0n) is 21.0. The summed E-state index contributed by atoms with van der Waals surface area (Å²) in [6, 6.07) is 5.38. The lowest BCUT2D eigenvalue weighted by molar-refractivity contribution is -0.240. The maximum absolute atomic E-state index is 14.4. The highest BCUT2D eigenvalue weighted by Gasteiger charge is 2.62. The summed E-state index contributed by atoms with van der Waals surface area (Å²) in [5, 5.41) is 15.3. The molecule has 0 bridgehead atoms. The second-order valence-corrected chi connectivity index (χ2v) is 9.58. The van der Waals surface area contributed by atoms with Crippen molar-refractivity contribution in [1.82, 2.24) is 0 Å². The third kappa shape index (κ3) is 6.22. The van der Waals surface area contributed by atoms with E-state index in [0.717, 1.165) is 24.3 Å². The molecule has 3 rings (SSSR count). The van der Waals surface area contributed by atoms with Gasteiger partial charge < -0.3 is 15.2 Å².